The number of hydrogen-bond acceptors (Lipinski definition) is 5. The zero-order valence-corrected chi connectivity index (χ0v) is 17.1. The summed E-state index contributed by atoms with van der Waals surface area (Å²) in [5.74, 6) is 1.23. The largest absolute Gasteiger partial charge is 0.461 e. The molecule has 1 amide bonds. The van der Waals surface area contributed by atoms with Gasteiger partial charge in [0.25, 0.3) is 0 Å². The van der Waals surface area contributed by atoms with Crippen LogP contribution in [0.15, 0.2) is 34.9 Å². The van der Waals surface area contributed by atoms with Gasteiger partial charge in [0.05, 0.1) is 0 Å². The molecule has 0 radical (unpaired) electrons. The highest BCUT2D eigenvalue weighted by molar-refractivity contribution is 5.83. The molecular formula is C21H26N4O4. The van der Waals surface area contributed by atoms with Crippen LogP contribution in [0.5, 0.6) is 0 Å². The van der Waals surface area contributed by atoms with Gasteiger partial charge in [0.15, 0.2) is 0 Å². The maximum Gasteiger partial charge on any atom is 0.381 e. The van der Waals surface area contributed by atoms with Crippen LogP contribution in [0.2, 0.25) is 0 Å². The van der Waals surface area contributed by atoms with E-state index in [1.54, 1.807) is 23.4 Å². The lowest BCUT2D eigenvalue weighted by molar-refractivity contribution is -0.389. The Bertz CT molecular complexity index is 1020. The van der Waals surface area contributed by atoms with Crippen molar-refractivity contribution in [3.8, 4) is 0 Å². The van der Waals surface area contributed by atoms with E-state index in [4.69, 9.17) is 4.42 Å². The van der Waals surface area contributed by atoms with Crippen molar-refractivity contribution >= 4 is 22.7 Å². The molecule has 2 heterocycles. The van der Waals surface area contributed by atoms with Gasteiger partial charge in [0.2, 0.25) is 11.7 Å². The van der Waals surface area contributed by atoms with Crippen molar-refractivity contribution in [1.29, 1.82) is 0 Å². The summed E-state index contributed by atoms with van der Waals surface area (Å²) in [6.45, 7) is 4.65. The van der Waals surface area contributed by atoms with Crippen molar-refractivity contribution < 1.29 is 14.1 Å². The minimum atomic E-state index is -0.528. The first kappa shape index (κ1) is 20.6. The van der Waals surface area contributed by atoms with Crippen molar-refractivity contribution in [2.24, 2.45) is 0 Å². The monoisotopic (exact) mass is 398 g/mol. The topological polar surface area (TPSA) is 94.4 Å². The molecule has 3 rings (SSSR count). The Kier molecular flexibility index (Phi) is 6.31. The Morgan fingerprint density at radius 2 is 2.10 bits per heavy atom. The summed E-state index contributed by atoms with van der Waals surface area (Å²) in [6, 6.07) is 7.89. The summed E-state index contributed by atoms with van der Waals surface area (Å²) in [7, 11) is 1.77. The number of furan rings is 1. The molecule has 0 aliphatic carbocycles. The zero-order valence-electron chi connectivity index (χ0n) is 17.1. The number of hydrogen-bond donors (Lipinski definition) is 0. The Labute approximate surface area is 169 Å². The molecule has 0 aliphatic heterocycles. The van der Waals surface area contributed by atoms with Crippen LogP contribution in [0.3, 0.4) is 0 Å². The molecule has 3 aromatic rings. The fourth-order valence-corrected chi connectivity index (χ4v) is 3.40. The van der Waals surface area contributed by atoms with E-state index in [0.29, 0.717) is 18.9 Å². The molecule has 1 aromatic carbocycles. The standard InChI is InChI=1S/C21H26N4O4/c1-4-5-9-19-17(16-8-6-7-10-18(16)29-19)13-23(3)21(26)11-12-24-14-20(25(27)28)22-15(24)2/h6-8,10,14H,4-5,9,11-13H2,1-3H3. The first-order chi connectivity index (χ1) is 13.9. The van der Waals surface area contributed by atoms with E-state index in [1.165, 1.54) is 6.20 Å². The van der Waals surface area contributed by atoms with Gasteiger partial charge < -0.3 is 24.0 Å². The fraction of sp³-hybridized carbons (Fsp3) is 0.429. The number of unbranched alkanes of at least 4 members (excludes halogenated alkanes) is 1. The number of nitrogens with zero attached hydrogens (tertiary/aromatic N) is 4. The van der Waals surface area contributed by atoms with E-state index in [0.717, 1.165) is 41.6 Å². The van der Waals surface area contributed by atoms with Gasteiger partial charge in [-0.1, -0.05) is 31.5 Å². The second-order valence-electron chi connectivity index (χ2n) is 7.20. The SMILES string of the molecule is CCCCc1oc2ccccc2c1CN(C)C(=O)CCn1cc([N+](=O)[O-])nc1C. The van der Waals surface area contributed by atoms with Crippen LogP contribution < -0.4 is 0 Å². The molecular weight excluding hydrogens is 372 g/mol. The zero-order chi connectivity index (χ0) is 21.0. The number of aromatic nitrogens is 2. The van der Waals surface area contributed by atoms with Crippen LogP contribution in [-0.2, 0) is 24.3 Å². The highest BCUT2D eigenvalue weighted by Gasteiger charge is 2.19. The van der Waals surface area contributed by atoms with Gasteiger partial charge >= 0.3 is 5.82 Å². The number of aryl methyl sites for hydroxylation is 3. The van der Waals surface area contributed by atoms with Gasteiger partial charge in [-0.25, -0.2) is 0 Å². The van der Waals surface area contributed by atoms with Crippen molar-refractivity contribution in [2.75, 3.05) is 7.05 Å². The number of carbonyl (C=O) groups is 1. The van der Waals surface area contributed by atoms with Gasteiger partial charge in [-0.3, -0.25) is 4.79 Å². The Morgan fingerprint density at radius 3 is 2.79 bits per heavy atom. The van der Waals surface area contributed by atoms with E-state index in [1.807, 2.05) is 24.3 Å². The van der Waals surface area contributed by atoms with Gasteiger partial charge in [-0.05, 0) is 22.4 Å². The minimum absolute atomic E-state index is 0.0347. The molecule has 0 fully saturated rings. The van der Waals surface area contributed by atoms with Crippen molar-refractivity contribution in [1.82, 2.24) is 14.5 Å². The van der Waals surface area contributed by atoms with Crippen LogP contribution >= 0.6 is 0 Å². The maximum atomic E-state index is 12.7. The molecule has 0 bridgehead atoms. The van der Waals surface area contributed by atoms with E-state index in [9.17, 15) is 14.9 Å². The molecule has 0 spiro atoms. The van der Waals surface area contributed by atoms with E-state index in [-0.39, 0.29) is 18.1 Å². The maximum absolute atomic E-state index is 12.7. The average Bonchev–Trinajstić information content (AvgIpc) is 3.25. The molecule has 0 unspecified atom stereocenters. The number of carbonyl (C=O) groups excluding carboxylic acids is 1. The predicted molar refractivity (Wildman–Crippen MR) is 110 cm³/mol. The molecule has 2 aromatic heterocycles. The first-order valence-corrected chi connectivity index (χ1v) is 9.82. The molecule has 154 valence electrons. The molecule has 0 atom stereocenters. The minimum Gasteiger partial charge on any atom is -0.461 e. The fourth-order valence-electron chi connectivity index (χ4n) is 3.40. The summed E-state index contributed by atoms with van der Waals surface area (Å²) < 4.78 is 7.68. The number of amides is 1. The molecule has 8 nitrogen and oxygen atoms in total. The van der Waals surface area contributed by atoms with Gasteiger partial charge in [-0.15, -0.1) is 0 Å². The third-order valence-electron chi connectivity index (χ3n) is 5.08. The van der Waals surface area contributed by atoms with Crippen LogP contribution in [0.1, 0.15) is 43.3 Å². The quantitative estimate of drug-likeness (QED) is 0.397. The number of para-hydroxylation sites is 1. The van der Waals surface area contributed by atoms with E-state index in [2.05, 4.69) is 11.9 Å². The smallest absolute Gasteiger partial charge is 0.381 e. The lowest BCUT2D eigenvalue weighted by Crippen LogP contribution is -2.27. The number of fused-ring (bicyclic) bond motifs is 1. The Hall–Kier alpha value is -3.16. The molecule has 0 N–H and O–H groups in total. The van der Waals surface area contributed by atoms with Crippen LogP contribution in [0.4, 0.5) is 5.82 Å². The summed E-state index contributed by atoms with van der Waals surface area (Å²) in [5, 5.41) is 11.9. The first-order valence-electron chi connectivity index (χ1n) is 9.82. The van der Waals surface area contributed by atoms with Crippen LogP contribution in [0.25, 0.3) is 11.0 Å². The highest BCUT2D eigenvalue weighted by atomic mass is 16.6. The molecule has 29 heavy (non-hydrogen) atoms. The lowest BCUT2D eigenvalue weighted by Gasteiger charge is -2.18. The van der Waals surface area contributed by atoms with Crippen molar-refractivity contribution in [3.63, 3.8) is 0 Å². The Balaban J connectivity index is 1.70. The molecule has 0 aliphatic rings. The number of benzene rings is 1. The lowest BCUT2D eigenvalue weighted by atomic mass is 10.1. The summed E-state index contributed by atoms with van der Waals surface area (Å²) in [4.78, 5) is 28.6. The predicted octanol–water partition coefficient (Wildman–Crippen LogP) is 4.24. The second-order valence-corrected chi connectivity index (χ2v) is 7.20. The molecule has 0 saturated carbocycles. The van der Waals surface area contributed by atoms with Gasteiger partial charge in [0, 0.05) is 50.9 Å². The van der Waals surface area contributed by atoms with Gasteiger partial charge in [0.1, 0.15) is 17.5 Å². The molecule has 8 heteroatoms. The van der Waals surface area contributed by atoms with E-state index >= 15 is 0 Å². The van der Waals surface area contributed by atoms with Crippen molar-refractivity contribution in [3.05, 3.63) is 57.7 Å². The second kappa shape index (κ2) is 8.89. The van der Waals surface area contributed by atoms with E-state index < -0.39 is 4.92 Å². The van der Waals surface area contributed by atoms with Crippen LogP contribution in [0, 0.1) is 17.0 Å². The Morgan fingerprint density at radius 1 is 1.34 bits per heavy atom. The summed E-state index contributed by atoms with van der Waals surface area (Å²) in [6.07, 6.45) is 4.56. The number of rotatable bonds is 9. The third kappa shape index (κ3) is 4.64. The average molecular weight is 398 g/mol. The number of nitro groups is 1. The van der Waals surface area contributed by atoms with Crippen LogP contribution in [-0.4, -0.2) is 32.3 Å². The normalized spacial score (nSPS) is 11.1. The molecule has 0 saturated heterocycles. The summed E-state index contributed by atoms with van der Waals surface area (Å²) >= 11 is 0. The summed E-state index contributed by atoms with van der Waals surface area (Å²) in [5.41, 5.74) is 1.90. The third-order valence-corrected chi connectivity index (χ3v) is 5.08. The highest BCUT2D eigenvalue weighted by Crippen LogP contribution is 2.28. The van der Waals surface area contributed by atoms with Gasteiger partial charge in [-0.2, -0.15) is 0 Å². The van der Waals surface area contributed by atoms with Crippen molar-refractivity contribution in [2.45, 2.75) is 52.6 Å². The number of imidazole rings is 1.